The number of rotatable bonds is 4. The lowest BCUT2D eigenvalue weighted by atomic mass is 10.4. The molecule has 18 heavy (non-hydrogen) atoms. The van der Waals surface area contributed by atoms with Gasteiger partial charge in [-0.3, -0.25) is 0 Å². The van der Waals surface area contributed by atoms with Crippen LogP contribution in [0.3, 0.4) is 0 Å². The number of carboxylic acid groups (broad SMARTS) is 1. The van der Waals surface area contributed by atoms with E-state index in [1.54, 1.807) is 5.38 Å². The molecule has 0 aliphatic rings. The van der Waals surface area contributed by atoms with Crippen molar-refractivity contribution in [1.82, 2.24) is 9.97 Å². The van der Waals surface area contributed by atoms with E-state index in [4.69, 9.17) is 14.6 Å². The minimum absolute atomic E-state index is 0.0878. The zero-order chi connectivity index (χ0) is 13.1. The first kappa shape index (κ1) is 12.8. The Balaban J connectivity index is 2.20. The van der Waals surface area contributed by atoms with Crippen LogP contribution in [0.2, 0.25) is 0 Å². The summed E-state index contributed by atoms with van der Waals surface area (Å²) in [7, 11) is 1.48. The third-order valence-electron chi connectivity index (χ3n) is 1.88. The van der Waals surface area contributed by atoms with Crippen LogP contribution in [0.4, 0.5) is 0 Å². The van der Waals surface area contributed by atoms with Crippen LogP contribution in [0.25, 0.3) is 0 Å². The lowest BCUT2D eigenvalue weighted by molar-refractivity contribution is 0.0702. The van der Waals surface area contributed by atoms with Crippen molar-refractivity contribution in [2.45, 2.75) is 0 Å². The van der Waals surface area contributed by atoms with Crippen LogP contribution in [-0.4, -0.2) is 28.2 Å². The Morgan fingerprint density at radius 2 is 2.33 bits per heavy atom. The molecular weight excluding hydrogens is 324 g/mol. The summed E-state index contributed by atoms with van der Waals surface area (Å²) < 4.78 is 10.9. The summed E-state index contributed by atoms with van der Waals surface area (Å²) in [5, 5.41) is 10.4. The highest BCUT2D eigenvalue weighted by atomic mass is 79.9. The van der Waals surface area contributed by atoms with Gasteiger partial charge in [-0.05, 0) is 15.9 Å². The van der Waals surface area contributed by atoms with Gasteiger partial charge in [-0.15, -0.1) is 11.3 Å². The van der Waals surface area contributed by atoms with Crippen molar-refractivity contribution < 1.29 is 19.4 Å². The predicted molar refractivity (Wildman–Crippen MR) is 67.6 cm³/mol. The highest BCUT2D eigenvalue weighted by molar-refractivity contribution is 9.10. The highest BCUT2D eigenvalue weighted by Gasteiger charge is 2.11. The fourth-order valence-electron chi connectivity index (χ4n) is 1.12. The zero-order valence-electron chi connectivity index (χ0n) is 9.08. The number of hydrogen-bond acceptors (Lipinski definition) is 6. The van der Waals surface area contributed by atoms with Gasteiger partial charge in [0.05, 0.1) is 17.8 Å². The third kappa shape index (κ3) is 2.77. The summed E-state index contributed by atoms with van der Waals surface area (Å²) in [4.78, 5) is 18.8. The lowest BCUT2D eigenvalue weighted by Gasteiger charge is -2.04. The molecule has 94 valence electrons. The van der Waals surface area contributed by atoms with E-state index in [9.17, 15) is 4.79 Å². The summed E-state index contributed by atoms with van der Waals surface area (Å²) in [6, 6.07) is 1.50. The molecule has 0 aliphatic carbocycles. The van der Waals surface area contributed by atoms with Crippen LogP contribution in [0.1, 0.15) is 9.67 Å². The zero-order valence-corrected chi connectivity index (χ0v) is 11.5. The number of methoxy groups -OCH3 is 1. The van der Waals surface area contributed by atoms with Crippen molar-refractivity contribution in [3.63, 3.8) is 0 Å². The predicted octanol–water partition coefficient (Wildman–Crippen LogP) is 2.80. The van der Waals surface area contributed by atoms with E-state index in [1.807, 2.05) is 0 Å². The van der Waals surface area contributed by atoms with Crippen LogP contribution in [0.15, 0.2) is 22.1 Å². The molecule has 6 nitrogen and oxygen atoms in total. The molecule has 2 aromatic heterocycles. The van der Waals surface area contributed by atoms with E-state index >= 15 is 0 Å². The second-order valence-corrected chi connectivity index (χ2v) is 4.83. The molecule has 1 N–H and O–H groups in total. The molecule has 0 spiro atoms. The lowest BCUT2D eigenvalue weighted by Crippen LogP contribution is -1.95. The van der Waals surface area contributed by atoms with E-state index in [2.05, 4.69) is 25.9 Å². The van der Waals surface area contributed by atoms with Crippen molar-refractivity contribution in [3.05, 3.63) is 27.0 Å². The quantitative estimate of drug-likeness (QED) is 0.928. The highest BCUT2D eigenvalue weighted by Crippen LogP contribution is 2.28. The van der Waals surface area contributed by atoms with Crippen LogP contribution in [0.5, 0.6) is 17.6 Å². The Labute approximate surface area is 114 Å². The minimum Gasteiger partial charge on any atom is -0.480 e. The number of hydrogen-bond donors (Lipinski definition) is 1. The Morgan fingerprint density at radius 1 is 1.56 bits per heavy atom. The Kier molecular flexibility index (Phi) is 3.78. The maximum absolute atomic E-state index is 10.7. The number of ether oxygens (including phenoxy) is 2. The van der Waals surface area contributed by atoms with Gasteiger partial charge in [0.2, 0.25) is 5.88 Å². The molecule has 0 unspecified atom stereocenters. The molecule has 0 aliphatic heterocycles. The largest absolute Gasteiger partial charge is 0.480 e. The molecule has 2 aromatic rings. The van der Waals surface area contributed by atoms with Gasteiger partial charge in [0.25, 0.3) is 0 Å². The van der Waals surface area contributed by atoms with Gasteiger partial charge in [0.1, 0.15) is 10.6 Å². The molecule has 0 amide bonds. The van der Waals surface area contributed by atoms with Crippen molar-refractivity contribution in [3.8, 4) is 17.6 Å². The van der Waals surface area contributed by atoms with Gasteiger partial charge in [-0.1, -0.05) is 0 Å². The molecule has 0 radical (unpaired) electrons. The van der Waals surface area contributed by atoms with Gasteiger partial charge in [0.15, 0.2) is 0 Å². The fraction of sp³-hybridized carbons (Fsp3) is 0.100. The second kappa shape index (κ2) is 5.32. The fourth-order valence-corrected chi connectivity index (χ4v) is 2.12. The number of carboxylic acids is 1. The van der Waals surface area contributed by atoms with Crippen molar-refractivity contribution >= 4 is 33.2 Å². The number of halogens is 1. The topological polar surface area (TPSA) is 81.5 Å². The number of aromatic carboxylic acids is 1. The Morgan fingerprint density at radius 3 is 2.94 bits per heavy atom. The van der Waals surface area contributed by atoms with Crippen molar-refractivity contribution in [2.24, 2.45) is 0 Å². The van der Waals surface area contributed by atoms with E-state index < -0.39 is 5.97 Å². The molecule has 0 saturated carbocycles. The molecule has 0 fully saturated rings. The van der Waals surface area contributed by atoms with E-state index in [1.165, 1.54) is 19.4 Å². The molecule has 0 bridgehead atoms. The summed E-state index contributed by atoms with van der Waals surface area (Å²) in [5.41, 5.74) is 0. The van der Waals surface area contributed by atoms with Gasteiger partial charge in [-0.25, -0.2) is 9.78 Å². The Bertz CT molecular complexity index is 587. The first-order chi connectivity index (χ1) is 8.60. The van der Waals surface area contributed by atoms with E-state index in [0.717, 1.165) is 11.3 Å². The van der Waals surface area contributed by atoms with Crippen molar-refractivity contribution in [1.29, 1.82) is 0 Å². The van der Waals surface area contributed by atoms with Crippen LogP contribution in [0, 0.1) is 0 Å². The maximum Gasteiger partial charge on any atom is 0.346 e. The molecule has 0 aromatic carbocycles. The van der Waals surface area contributed by atoms with E-state index in [-0.39, 0.29) is 10.9 Å². The average molecular weight is 331 g/mol. The molecular formula is C10H7BrN2O4S. The van der Waals surface area contributed by atoms with Crippen LogP contribution in [-0.2, 0) is 0 Å². The molecule has 2 heterocycles. The number of thiophene rings is 1. The molecule has 0 saturated heterocycles. The monoisotopic (exact) mass is 330 g/mol. The summed E-state index contributed by atoms with van der Waals surface area (Å²) in [6.07, 6.45) is 1.49. The van der Waals surface area contributed by atoms with Gasteiger partial charge >= 0.3 is 12.0 Å². The third-order valence-corrected chi connectivity index (χ3v) is 3.32. The SMILES string of the molecule is COc1nc(Oc2csc(C(=O)O)c2)ncc1Br. The second-order valence-electron chi connectivity index (χ2n) is 3.06. The van der Waals surface area contributed by atoms with Gasteiger partial charge in [-0.2, -0.15) is 4.98 Å². The number of carbonyl (C=O) groups is 1. The first-order valence-corrected chi connectivity index (χ1v) is 6.33. The maximum atomic E-state index is 10.7. The summed E-state index contributed by atoms with van der Waals surface area (Å²) in [6.45, 7) is 0. The number of aromatic nitrogens is 2. The van der Waals surface area contributed by atoms with Crippen LogP contribution >= 0.6 is 27.3 Å². The summed E-state index contributed by atoms with van der Waals surface area (Å²) in [5.74, 6) is -0.278. The normalized spacial score (nSPS) is 10.1. The molecule has 0 atom stereocenters. The number of nitrogens with zero attached hydrogens (tertiary/aromatic N) is 2. The van der Waals surface area contributed by atoms with E-state index in [0.29, 0.717) is 16.1 Å². The average Bonchev–Trinajstić information content (AvgIpc) is 2.80. The Hall–Kier alpha value is -1.67. The minimum atomic E-state index is -0.996. The standard InChI is InChI=1S/C10H7BrN2O4S/c1-16-8-6(11)3-12-10(13-8)17-5-2-7(9(14)15)18-4-5/h2-4H,1H3,(H,14,15). The van der Waals surface area contributed by atoms with Gasteiger partial charge in [0, 0.05) is 11.4 Å². The smallest absolute Gasteiger partial charge is 0.346 e. The summed E-state index contributed by atoms with van der Waals surface area (Å²) >= 11 is 4.29. The molecule has 8 heteroatoms. The van der Waals surface area contributed by atoms with Crippen LogP contribution < -0.4 is 9.47 Å². The first-order valence-electron chi connectivity index (χ1n) is 4.66. The van der Waals surface area contributed by atoms with Crippen molar-refractivity contribution in [2.75, 3.05) is 7.11 Å². The van der Waals surface area contributed by atoms with Gasteiger partial charge < -0.3 is 14.6 Å². The molecule has 2 rings (SSSR count).